The number of sulfonamides is 1. The van der Waals surface area contributed by atoms with Crippen molar-refractivity contribution in [1.29, 1.82) is 0 Å². The molecule has 2 N–H and O–H groups in total. The molecule has 0 saturated carbocycles. The maximum Gasteiger partial charge on any atom is 0.295 e. The van der Waals surface area contributed by atoms with Crippen LogP contribution < -0.4 is 16.2 Å². The summed E-state index contributed by atoms with van der Waals surface area (Å²) in [4.78, 5) is 38.8. The number of benzene rings is 2. The Morgan fingerprint density at radius 1 is 1.03 bits per heavy atom. The summed E-state index contributed by atoms with van der Waals surface area (Å²) >= 11 is 0. The van der Waals surface area contributed by atoms with Crippen LogP contribution in [0, 0.1) is 6.92 Å². The molecule has 1 aliphatic rings. The zero-order valence-corrected chi connectivity index (χ0v) is 20.5. The molecule has 2 aromatic carbocycles. The van der Waals surface area contributed by atoms with Crippen LogP contribution in [0.15, 0.2) is 59.4 Å². The quantitative estimate of drug-likeness (QED) is 0.540. The summed E-state index contributed by atoms with van der Waals surface area (Å²) in [5.41, 5.74) is 1.64. The van der Waals surface area contributed by atoms with Gasteiger partial charge in [-0.25, -0.2) is 13.1 Å². The highest BCUT2D eigenvalue weighted by Gasteiger charge is 2.36. The maximum atomic E-state index is 13.1. The number of carbonyl (C=O) groups excluding carboxylic acids is 2. The normalized spacial score (nSPS) is 16.3. The number of rotatable bonds is 6. The molecule has 2 heterocycles. The summed E-state index contributed by atoms with van der Waals surface area (Å²) in [6.07, 6.45) is 2.12. The second kappa shape index (κ2) is 9.51. The molecule has 10 nitrogen and oxygen atoms in total. The first-order chi connectivity index (χ1) is 16.6. The number of para-hydroxylation sites is 1. The summed E-state index contributed by atoms with van der Waals surface area (Å²) < 4.78 is 28.2. The van der Waals surface area contributed by atoms with Gasteiger partial charge in [-0.05, 0) is 50.1 Å². The van der Waals surface area contributed by atoms with Crippen molar-refractivity contribution >= 4 is 33.2 Å². The molecule has 2 amide bonds. The van der Waals surface area contributed by atoms with E-state index < -0.39 is 27.9 Å². The van der Waals surface area contributed by atoms with E-state index >= 15 is 0 Å². The molecule has 4 rings (SSSR count). The van der Waals surface area contributed by atoms with Gasteiger partial charge in [0, 0.05) is 24.8 Å². The Morgan fingerprint density at radius 2 is 1.74 bits per heavy atom. The Bertz CT molecular complexity index is 1440. The van der Waals surface area contributed by atoms with Crippen molar-refractivity contribution in [3.8, 4) is 5.69 Å². The fourth-order valence-electron chi connectivity index (χ4n) is 4.26. The molecular formula is C24H27N5O5S. The molecule has 1 saturated heterocycles. The van der Waals surface area contributed by atoms with Gasteiger partial charge in [-0.15, -0.1) is 0 Å². The fraction of sp³-hybridized carbons (Fsp3) is 0.292. The molecule has 184 valence electrons. The number of carbonyl (C=O) groups is 2. The van der Waals surface area contributed by atoms with Crippen LogP contribution in [0.4, 0.5) is 11.4 Å². The lowest BCUT2D eigenvalue weighted by atomic mass is 10.1. The molecule has 0 spiro atoms. The Morgan fingerprint density at radius 3 is 2.43 bits per heavy atom. The van der Waals surface area contributed by atoms with Crippen LogP contribution in [0.25, 0.3) is 5.69 Å². The highest BCUT2D eigenvalue weighted by molar-refractivity contribution is 7.88. The lowest BCUT2D eigenvalue weighted by Gasteiger charge is -2.21. The minimum absolute atomic E-state index is 0.158. The predicted octanol–water partition coefficient (Wildman–Crippen LogP) is 2.10. The Balaban J connectivity index is 1.54. The molecule has 0 bridgehead atoms. The van der Waals surface area contributed by atoms with E-state index in [1.807, 2.05) is 18.2 Å². The molecule has 0 aliphatic carbocycles. The minimum Gasteiger partial charge on any atom is -0.325 e. The van der Waals surface area contributed by atoms with Gasteiger partial charge in [-0.2, -0.15) is 4.31 Å². The third-order valence-electron chi connectivity index (χ3n) is 6.12. The first-order valence-corrected chi connectivity index (χ1v) is 13.0. The zero-order valence-electron chi connectivity index (χ0n) is 19.7. The molecule has 1 unspecified atom stereocenters. The summed E-state index contributed by atoms with van der Waals surface area (Å²) in [6, 6.07) is 14.6. The van der Waals surface area contributed by atoms with Crippen molar-refractivity contribution < 1.29 is 18.0 Å². The van der Waals surface area contributed by atoms with E-state index in [4.69, 9.17) is 0 Å². The summed E-state index contributed by atoms with van der Waals surface area (Å²) in [5, 5.41) is 5.40. The van der Waals surface area contributed by atoms with Gasteiger partial charge < -0.3 is 10.6 Å². The highest BCUT2D eigenvalue weighted by atomic mass is 32.2. The van der Waals surface area contributed by atoms with Gasteiger partial charge in [-0.3, -0.25) is 19.1 Å². The summed E-state index contributed by atoms with van der Waals surface area (Å²) in [5.74, 6) is -0.958. The molecule has 1 atom stereocenters. The van der Waals surface area contributed by atoms with Crippen LogP contribution in [0.3, 0.4) is 0 Å². The van der Waals surface area contributed by atoms with Crippen molar-refractivity contribution in [2.24, 2.45) is 7.05 Å². The van der Waals surface area contributed by atoms with E-state index in [0.29, 0.717) is 36.5 Å². The predicted molar refractivity (Wildman–Crippen MR) is 133 cm³/mol. The monoisotopic (exact) mass is 497 g/mol. The number of aromatic nitrogens is 2. The molecule has 11 heteroatoms. The van der Waals surface area contributed by atoms with Gasteiger partial charge in [0.2, 0.25) is 15.9 Å². The average molecular weight is 498 g/mol. The standard InChI is InChI=1S/C24H27N5O5S/c1-16-21(24(32)29(27(16)2)19-11-5-4-6-12-19)26-22(30)17-9-7-10-18(15-17)25-23(31)20-13-8-14-28(20)35(3,33)34/h4-7,9-12,15,20H,8,13-14H2,1-3H3,(H,25,31)(H,26,30). The van der Waals surface area contributed by atoms with Crippen LogP contribution in [-0.4, -0.2) is 52.7 Å². The van der Waals surface area contributed by atoms with Gasteiger partial charge in [0.25, 0.3) is 11.5 Å². The number of nitrogens with one attached hydrogen (secondary N) is 2. The van der Waals surface area contributed by atoms with E-state index in [2.05, 4.69) is 10.6 Å². The summed E-state index contributed by atoms with van der Waals surface area (Å²) in [7, 11) is -1.77. The van der Waals surface area contributed by atoms with E-state index in [0.717, 1.165) is 6.26 Å². The lowest BCUT2D eigenvalue weighted by molar-refractivity contribution is -0.119. The van der Waals surface area contributed by atoms with Gasteiger partial charge >= 0.3 is 0 Å². The average Bonchev–Trinajstić information content (AvgIpc) is 3.40. The number of amides is 2. The zero-order chi connectivity index (χ0) is 25.3. The van der Waals surface area contributed by atoms with Crippen molar-refractivity contribution in [3.05, 3.63) is 76.2 Å². The van der Waals surface area contributed by atoms with Crippen molar-refractivity contribution in [3.63, 3.8) is 0 Å². The Kier molecular flexibility index (Phi) is 6.64. The van der Waals surface area contributed by atoms with Crippen LogP contribution in [0.1, 0.15) is 28.9 Å². The van der Waals surface area contributed by atoms with Crippen LogP contribution in [-0.2, 0) is 21.9 Å². The first kappa shape index (κ1) is 24.4. The van der Waals surface area contributed by atoms with Gasteiger partial charge in [0.05, 0.1) is 17.6 Å². The molecule has 35 heavy (non-hydrogen) atoms. The van der Waals surface area contributed by atoms with E-state index in [9.17, 15) is 22.8 Å². The number of hydrogen-bond donors (Lipinski definition) is 2. The number of hydrogen-bond acceptors (Lipinski definition) is 5. The topological polar surface area (TPSA) is 123 Å². The lowest BCUT2D eigenvalue weighted by Crippen LogP contribution is -2.42. The second-order valence-corrected chi connectivity index (χ2v) is 10.4. The van der Waals surface area contributed by atoms with Crippen LogP contribution >= 0.6 is 0 Å². The maximum absolute atomic E-state index is 13.1. The van der Waals surface area contributed by atoms with Crippen LogP contribution in [0.5, 0.6) is 0 Å². The van der Waals surface area contributed by atoms with Crippen molar-refractivity contribution in [1.82, 2.24) is 13.7 Å². The van der Waals surface area contributed by atoms with Crippen molar-refractivity contribution in [2.75, 3.05) is 23.4 Å². The smallest absolute Gasteiger partial charge is 0.295 e. The van der Waals surface area contributed by atoms with E-state index in [1.54, 1.807) is 49.0 Å². The molecule has 1 aromatic heterocycles. The second-order valence-electron chi connectivity index (χ2n) is 8.49. The molecule has 1 fully saturated rings. The van der Waals surface area contributed by atoms with E-state index in [-0.39, 0.29) is 16.8 Å². The number of anilines is 2. The van der Waals surface area contributed by atoms with Gasteiger partial charge in [0.15, 0.2) is 0 Å². The first-order valence-electron chi connectivity index (χ1n) is 11.1. The fourth-order valence-corrected chi connectivity index (χ4v) is 5.39. The Labute approximate surface area is 203 Å². The molecule has 1 aliphatic heterocycles. The van der Waals surface area contributed by atoms with Gasteiger partial charge in [-0.1, -0.05) is 24.3 Å². The van der Waals surface area contributed by atoms with Gasteiger partial charge in [0.1, 0.15) is 11.7 Å². The van der Waals surface area contributed by atoms with E-state index in [1.165, 1.54) is 15.1 Å². The number of nitrogens with zero attached hydrogens (tertiary/aromatic N) is 3. The van der Waals surface area contributed by atoms with Crippen LogP contribution in [0.2, 0.25) is 0 Å². The summed E-state index contributed by atoms with van der Waals surface area (Å²) in [6.45, 7) is 2.04. The minimum atomic E-state index is -3.50. The van der Waals surface area contributed by atoms with Crippen molar-refractivity contribution in [2.45, 2.75) is 25.8 Å². The largest absolute Gasteiger partial charge is 0.325 e. The molecule has 0 radical (unpaired) electrons. The third kappa shape index (κ3) is 4.91. The Hall–Kier alpha value is -3.70. The molecular weight excluding hydrogens is 470 g/mol. The highest BCUT2D eigenvalue weighted by Crippen LogP contribution is 2.22. The third-order valence-corrected chi connectivity index (χ3v) is 7.41. The SMILES string of the molecule is Cc1c(NC(=O)c2cccc(NC(=O)C3CCCN3S(C)(=O)=O)c2)c(=O)n(-c2ccccc2)n1C. The molecule has 3 aromatic rings.